The van der Waals surface area contributed by atoms with Gasteiger partial charge in [-0.15, -0.1) is 0 Å². The summed E-state index contributed by atoms with van der Waals surface area (Å²) in [6.07, 6.45) is 5.96. The summed E-state index contributed by atoms with van der Waals surface area (Å²) in [5, 5.41) is 9.41. The van der Waals surface area contributed by atoms with Crippen LogP contribution in [-0.2, 0) is 0 Å². The lowest BCUT2D eigenvalue weighted by atomic mass is 9.98. The number of methoxy groups -OCH3 is 1. The van der Waals surface area contributed by atoms with Crippen LogP contribution in [0.1, 0.15) is 19.4 Å². The van der Waals surface area contributed by atoms with Crippen LogP contribution in [0.3, 0.4) is 0 Å². The van der Waals surface area contributed by atoms with Gasteiger partial charge >= 0.3 is 0 Å². The molecule has 0 saturated carbocycles. The zero-order valence-corrected chi connectivity index (χ0v) is 10.5. The average molecular weight is 230 g/mol. The van der Waals surface area contributed by atoms with Gasteiger partial charge in [0.15, 0.2) is 0 Å². The number of rotatable bonds is 4. The van der Waals surface area contributed by atoms with Gasteiger partial charge in [0.25, 0.3) is 0 Å². The molecular weight excluding hydrogens is 212 g/mol. The van der Waals surface area contributed by atoms with Gasteiger partial charge in [-0.1, -0.05) is 24.8 Å². The van der Waals surface area contributed by atoms with Crippen LogP contribution in [0.5, 0.6) is 11.5 Å². The van der Waals surface area contributed by atoms with Gasteiger partial charge in [0.1, 0.15) is 11.5 Å². The van der Waals surface area contributed by atoms with Gasteiger partial charge in [0.05, 0.1) is 7.11 Å². The monoisotopic (exact) mass is 230 g/mol. The summed E-state index contributed by atoms with van der Waals surface area (Å²) < 4.78 is 5.25. The van der Waals surface area contributed by atoms with E-state index in [1.54, 1.807) is 19.2 Å². The van der Waals surface area contributed by atoms with Crippen molar-refractivity contribution in [3.05, 3.63) is 54.1 Å². The normalized spacial score (nSPS) is 11.8. The zero-order chi connectivity index (χ0) is 12.8. The molecule has 0 heterocycles. The fourth-order valence-electron chi connectivity index (χ4n) is 1.64. The molecule has 0 radical (unpaired) electrons. The van der Waals surface area contributed by atoms with Crippen molar-refractivity contribution in [1.82, 2.24) is 0 Å². The Balaban J connectivity index is 3.20. The molecule has 1 rings (SSSR count). The van der Waals surface area contributed by atoms with Crippen LogP contribution in [0.2, 0.25) is 0 Å². The highest BCUT2D eigenvalue weighted by Crippen LogP contribution is 2.32. The van der Waals surface area contributed by atoms with Crippen molar-refractivity contribution >= 4 is 5.57 Å². The molecule has 0 bridgehead atoms. The van der Waals surface area contributed by atoms with E-state index in [4.69, 9.17) is 4.74 Å². The van der Waals surface area contributed by atoms with E-state index in [9.17, 15) is 5.11 Å². The summed E-state index contributed by atoms with van der Waals surface area (Å²) in [6, 6.07) is 5.03. The maximum Gasteiger partial charge on any atom is 0.130 e. The number of hydrogen-bond acceptors (Lipinski definition) is 2. The van der Waals surface area contributed by atoms with Crippen molar-refractivity contribution in [2.75, 3.05) is 7.11 Å². The minimum absolute atomic E-state index is 0.187. The Morgan fingerprint density at radius 1 is 1.35 bits per heavy atom. The van der Waals surface area contributed by atoms with Gasteiger partial charge in [-0.25, -0.2) is 0 Å². The molecule has 2 heteroatoms. The zero-order valence-electron chi connectivity index (χ0n) is 10.5. The Hall–Kier alpha value is -1.96. The minimum Gasteiger partial charge on any atom is -0.508 e. The first-order valence-corrected chi connectivity index (χ1v) is 5.49. The van der Waals surface area contributed by atoms with Crippen molar-refractivity contribution in [2.24, 2.45) is 0 Å². The molecule has 0 saturated heterocycles. The van der Waals surface area contributed by atoms with Gasteiger partial charge < -0.3 is 9.84 Å². The van der Waals surface area contributed by atoms with Gasteiger partial charge in [-0.3, -0.25) is 0 Å². The SMILES string of the molecule is C=C(C(/C=C\C)=C/C)c1ccc(O)cc1OC. The van der Waals surface area contributed by atoms with E-state index < -0.39 is 0 Å². The molecule has 0 unspecified atom stereocenters. The van der Waals surface area contributed by atoms with Gasteiger partial charge in [-0.05, 0) is 37.1 Å². The predicted molar refractivity (Wildman–Crippen MR) is 72.3 cm³/mol. The van der Waals surface area contributed by atoms with Crippen molar-refractivity contribution in [3.8, 4) is 11.5 Å². The smallest absolute Gasteiger partial charge is 0.130 e. The minimum atomic E-state index is 0.187. The number of aromatic hydroxyl groups is 1. The number of phenols is 1. The molecule has 90 valence electrons. The van der Waals surface area contributed by atoms with Crippen LogP contribution < -0.4 is 4.74 Å². The quantitative estimate of drug-likeness (QED) is 0.794. The molecule has 0 fully saturated rings. The van der Waals surface area contributed by atoms with Crippen molar-refractivity contribution in [2.45, 2.75) is 13.8 Å². The summed E-state index contributed by atoms with van der Waals surface area (Å²) >= 11 is 0. The summed E-state index contributed by atoms with van der Waals surface area (Å²) in [6.45, 7) is 8.00. The Morgan fingerprint density at radius 2 is 2.06 bits per heavy atom. The van der Waals surface area contributed by atoms with Crippen LogP contribution in [0.25, 0.3) is 5.57 Å². The maximum atomic E-state index is 9.41. The van der Waals surface area contributed by atoms with Gasteiger partial charge in [0, 0.05) is 11.6 Å². The van der Waals surface area contributed by atoms with E-state index in [-0.39, 0.29) is 5.75 Å². The fourth-order valence-corrected chi connectivity index (χ4v) is 1.64. The highest BCUT2D eigenvalue weighted by atomic mass is 16.5. The summed E-state index contributed by atoms with van der Waals surface area (Å²) in [5.41, 5.74) is 2.80. The lowest BCUT2D eigenvalue weighted by Crippen LogP contribution is -1.92. The van der Waals surface area contributed by atoms with Crippen LogP contribution >= 0.6 is 0 Å². The van der Waals surface area contributed by atoms with E-state index in [1.807, 2.05) is 38.1 Å². The molecule has 0 atom stereocenters. The molecule has 0 aliphatic rings. The second-order valence-corrected chi connectivity index (χ2v) is 3.61. The fraction of sp³-hybridized carbons (Fsp3) is 0.200. The van der Waals surface area contributed by atoms with Crippen LogP contribution in [0, 0.1) is 0 Å². The third-order valence-electron chi connectivity index (χ3n) is 2.52. The molecule has 0 amide bonds. The molecular formula is C15H18O2. The third-order valence-corrected chi connectivity index (χ3v) is 2.52. The maximum absolute atomic E-state index is 9.41. The lowest BCUT2D eigenvalue weighted by Gasteiger charge is -2.12. The third kappa shape index (κ3) is 3.00. The molecule has 0 spiro atoms. The van der Waals surface area contributed by atoms with E-state index in [0.29, 0.717) is 5.75 Å². The van der Waals surface area contributed by atoms with Crippen molar-refractivity contribution in [3.63, 3.8) is 0 Å². The largest absolute Gasteiger partial charge is 0.508 e. The highest BCUT2D eigenvalue weighted by molar-refractivity contribution is 5.83. The number of ether oxygens (including phenoxy) is 1. The first kappa shape index (κ1) is 13.1. The van der Waals surface area contributed by atoms with E-state index in [2.05, 4.69) is 6.58 Å². The van der Waals surface area contributed by atoms with Crippen LogP contribution in [0.4, 0.5) is 0 Å². The Kier molecular flexibility index (Phi) is 4.58. The predicted octanol–water partition coefficient (Wildman–Crippen LogP) is 3.94. The Morgan fingerprint density at radius 3 is 2.59 bits per heavy atom. The molecule has 0 aromatic heterocycles. The highest BCUT2D eigenvalue weighted by Gasteiger charge is 2.09. The second kappa shape index (κ2) is 5.94. The Labute approximate surface area is 103 Å². The van der Waals surface area contributed by atoms with E-state index in [1.165, 1.54) is 0 Å². The topological polar surface area (TPSA) is 29.5 Å². The summed E-state index contributed by atoms with van der Waals surface area (Å²) in [5.74, 6) is 0.810. The lowest BCUT2D eigenvalue weighted by molar-refractivity contribution is 0.406. The standard InChI is InChI=1S/C15H18O2/c1-5-7-12(6-2)11(3)14-9-8-13(16)10-15(14)17-4/h5-10,16H,3H2,1-2,4H3/b7-5-,12-6+. The second-order valence-electron chi connectivity index (χ2n) is 3.61. The number of allylic oxidation sites excluding steroid dienone is 5. The number of phenolic OH excluding ortho intramolecular Hbond substituents is 1. The van der Waals surface area contributed by atoms with Crippen molar-refractivity contribution < 1.29 is 9.84 Å². The molecule has 1 N–H and O–H groups in total. The first-order chi connectivity index (χ1) is 8.13. The van der Waals surface area contributed by atoms with Gasteiger partial charge in [0.2, 0.25) is 0 Å². The molecule has 2 nitrogen and oxygen atoms in total. The first-order valence-electron chi connectivity index (χ1n) is 5.49. The molecule has 0 aliphatic carbocycles. The van der Waals surface area contributed by atoms with Crippen molar-refractivity contribution in [1.29, 1.82) is 0 Å². The van der Waals surface area contributed by atoms with Gasteiger partial charge in [-0.2, -0.15) is 0 Å². The van der Waals surface area contributed by atoms with Crippen LogP contribution in [-0.4, -0.2) is 12.2 Å². The average Bonchev–Trinajstić information content (AvgIpc) is 2.34. The molecule has 1 aromatic carbocycles. The molecule has 17 heavy (non-hydrogen) atoms. The Bertz CT molecular complexity index is 468. The molecule has 0 aliphatic heterocycles. The molecule has 1 aromatic rings. The number of benzene rings is 1. The summed E-state index contributed by atoms with van der Waals surface area (Å²) in [4.78, 5) is 0. The van der Waals surface area contributed by atoms with E-state index >= 15 is 0 Å². The summed E-state index contributed by atoms with van der Waals surface area (Å²) in [7, 11) is 1.58. The van der Waals surface area contributed by atoms with E-state index in [0.717, 1.165) is 16.7 Å². The number of hydrogen-bond donors (Lipinski definition) is 1. The van der Waals surface area contributed by atoms with Crippen LogP contribution in [0.15, 0.2) is 48.6 Å².